The van der Waals surface area contributed by atoms with Crippen molar-refractivity contribution in [3.05, 3.63) is 0 Å². The molecule has 0 spiro atoms. The third-order valence-corrected chi connectivity index (χ3v) is 2.15. The molecule has 1 aliphatic rings. The van der Waals surface area contributed by atoms with E-state index in [2.05, 4.69) is 24.3 Å². The molecule has 4 heteroatoms. The van der Waals surface area contributed by atoms with Crippen molar-refractivity contribution in [1.29, 1.82) is 0 Å². The van der Waals surface area contributed by atoms with Crippen LogP contribution in [0.4, 0.5) is 0 Å². The summed E-state index contributed by atoms with van der Waals surface area (Å²) in [6.07, 6.45) is 2.74. The molecule has 12 heavy (non-hydrogen) atoms. The first-order valence-corrected chi connectivity index (χ1v) is 4.14. The molecule has 0 aromatic carbocycles. The Morgan fingerprint density at radius 3 is 2.42 bits per heavy atom. The summed E-state index contributed by atoms with van der Waals surface area (Å²) in [6.45, 7) is 3.72. The average molecular weight is 215 g/mol. The number of hydrogen-bond donors (Lipinski definition) is 1. The molecule has 0 aromatic rings. The number of nitrogens with zero attached hydrogens (tertiary/aromatic N) is 1. The average Bonchev–Trinajstić information content (AvgIpc) is 2.34. The molecule has 1 N–H and O–H groups in total. The second-order valence-corrected chi connectivity index (χ2v) is 3.45. The molecule has 1 rings (SSSR count). The van der Waals surface area contributed by atoms with Crippen LogP contribution in [0, 0.1) is 5.92 Å². The summed E-state index contributed by atoms with van der Waals surface area (Å²) in [4.78, 5) is 2.26. The van der Waals surface area contributed by atoms with Crippen LogP contribution in [-0.2, 0) is 0 Å². The van der Waals surface area contributed by atoms with Crippen molar-refractivity contribution < 1.29 is 0 Å². The Labute approximate surface area is 87.9 Å². The Morgan fingerprint density at radius 2 is 2.00 bits per heavy atom. The van der Waals surface area contributed by atoms with Gasteiger partial charge in [0.2, 0.25) is 0 Å². The molecule has 1 heterocycles. The minimum Gasteiger partial charge on any atom is -0.316 e. The summed E-state index contributed by atoms with van der Waals surface area (Å²) in [7, 11) is 4.28. The number of nitrogens with one attached hydrogen (secondary N) is 1. The van der Waals surface area contributed by atoms with Crippen molar-refractivity contribution in [2.75, 3.05) is 33.7 Å². The van der Waals surface area contributed by atoms with E-state index in [1.807, 2.05) is 0 Å². The van der Waals surface area contributed by atoms with Gasteiger partial charge in [0.1, 0.15) is 0 Å². The molecule has 1 saturated heterocycles. The zero-order chi connectivity index (χ0) is 7.40. The maximum Gasteiger partial charge on any atom is -0.00196 e. The third kappa shape index (κ3) is 6.06. The van der Waals surface area contributed by atoms with Crippen molar-refractivity contribution in [2.45, 2.75) is 12.8 Å². The molecule has 0 amide bonds. The van der Waals surface area contributed by atoms with Crippen LogP contribution in [0.3, 0.4) is 0 Å². The van der Waals surface area contributed by atoms with Crippen LogP contribution >= 0.6 is 24.8 Å². The predicted octanol–water partition coefficient (Wildman–Crippen LogP) is 1.39. The molecule has 0 bridgehead atoms. The van der Waals surface area contributed by atoms with E-state index in [0.717, 1.165) is 5.92 Å². The highest BCUT2D eigenvalue weighted by atomic mass is 35.5. The standard InChI is InChI=1S/C8H18N2.2ClH/c1-10(2)6-4-8-3-5-9-7-8;;/h8-9H,3-7H2,1-2H3;2*1H. The summed E-state index contributed by atoms with van der Waals surface area (Å²) in [5.74, 6) is 0.947. The maximum atomic E-state index is 3.38. The van der Waals surface area contributed by atoms with E-state index < -0.39 is 0 Å². The minimum atomic E-state index is 0. The Bertz CT molecular complexity index is 93.1. The van der Waals surface area contributed by atoms with Crippen LogP contribution in [-0.4, -0.2) is 38.6 Å². The molecular weight excluding hydrogens is 195 g/mol. The molecule has 1 aliphatic heterocycles. The van der Waals surface area contributed by atoms with Gasteiger partial charge in [-0.1, -0.05) is 0 Å². The van der Waals surface area contributed by atoms with Gasteiger partial charge >= 0.3 is 0 Å². The highest BCUT2D eigenvalue weighted by Crippen LogP contribution is 2.11. The van der Waals surface area contributed by atoms with Crippen LogP contribution in [0.2, 0.25) is 0 Å². The summed E-state index contributed by atoms with van der Waals surface area (Å²) in [5.41, 5.74) is 0. The largest absolute Gasteiger partial charge is 0.316 e. The maximum absolute atomic E-state index is 3.38. The zero-order valence-corrected chi connectivity index (χ0v) is 9.51. The highest BCUT2D eigenvalue weighted by molar-refractivity contribution is 5.85. The molecule has 76 valence electrons. The van der Waals surface area contributed by atoms with E-state index in [1.165, 1.54) is 32.5 Å². The molecular formula is C8H20Cl2N2. The first kappa shape index (κ1) is 15.0. The predicted molar refractivity (Wildman–Crippen MR) is 58.6 cm³/mol. The molecule has 1 atom stereocenters. The topological polar surface area (TPSA) is 15.3 Å². The lowest BCUT2D eigenvalue weighted by molar-refractivity contribution is 0.360. The van der Waals surface area contributed by atoms with Crippen LogP contribution in [0.5, 0.6) is 0 Å². The van der Waals surface area contributed by atoms with Gasteiger partial charge in [-0.05, 0) is 52.5 Å². The van der Waals surface area contributed by atoms with E-state index in [1.54, 1.807) is 0 Å². The molecule has 0 aliphatic carbocycles. The van der Waals surface area contributed by atoms with Gasteiger partial charge in [-0.15, -0.1) is 24.8 Å². The SMILES string of the molecule is CN(C)CCC1CCNC1.Cl.Cl. The Morgan fingerprint density at radius 1 is 1.33 bits per heavy atom. The smallest absolute Gasteiger partial charge is 0.00196 e. The van der Waals surface area contributed by atoms with Crippen molar-refractivity contribution in [3.8, 4) is 0 Å². The Balaban J connectivity index is 0. The van der Waals surface area contributed by atoms with E-state index in [-0.39, 0.29) is 24.8 Å². The van der Waals surface area contributed by atoms with Gasteiger partial charge in [-0.2, -0.15) is 0 Å². The van der Waals surface area contributed by atoms with Gasteiger partial charge in [0.05, 0.1) is 0 Å². The van der Waals surface area contributed by atoms with E-state index in [0.29, 0.717) is 0 Å². The van der Waals surface area contributed by atoms with Gasteiger partial charge in [-0.25, -0.2) is 0 Å². The summed E-state index contributed by atoms with van der Waals surface area (Å²) in [5, 5.41) is 3.38. The highest BCUT2D eigenvalue weighted by Gasteiger charge is 2.13. The monoisotopic (exact) mass is 214 g/mol. The molecule has 0 saturated carbocycles. The van der Waals surface area contributed by atoms with Crippen LogP contribution in [0.25, 0.3) is 0 Å². The summed E-state index contributed by atoms with van der Waals surface area (Å²) >= 11 is 0. The van der Waals surface area contributed by atoms with Gasteiger partial charge in [-0.3, -0.25) is 0 Å². The van der Waals surface area contributed by atoms with E-state index in [4.69, 9.17) is 0 Å². The number of halogens is 2. The molecule has 0 radical (unpaired) electrons. The van der Waals surface area contributed by atoms with Gasteiger partial charge in [0.25, 0.3) is 0 Å². The Kier molecular flexibility index (Phi) is 10.1. The van der Waals surface area contributed by atoms with Crippen LogP contribution in [0.1, 0.15) is 12.8 Å². The van der Waals surface area contributed by atoms with Crippen LogP contribution in [0.15, 0.2) is 0 Å². The first-order valence-electron chi connectivity index (χ1n) is 4.14. The molecule has 0 aromatic heterocycles. The lowest BCUT2D eigenvalue weighted by Gasteiger charge is -2.12. The first-order chi connectivity index (χ1) is 4.79. The lowest BCUT2D eigenvalue weighted by atomic mass is 10.1. The number of rotatable bonds is 3. The Hall–Kier alpha value is 0.500. The summed E-state index contributed by atoms with van der Waals surface area (Å²) < 4.78 is 0. The van der Waals surface area contributed by atoms with Crippen molar-refractivity contribution in [2.24, 2.45) is 5.92 Å². The van der Waals surface area contributed by atoms with Gasteiger partial charge in [0.15, 0.2) is 0 Å². The fraction of sp³-hybridized carbons (Fsp3) is 1.00. The van der Waals surface area contributed by atoms with Crippen molar-refractivity contribution in [3.63, 3.8) is 0 Å². The quantitative estimate of drug-likeness (QED) is 0.765. The summed E-state index contributed by atoms with van der Waals surface area (Å²) in [6, 6.07) is 0. The fourth-order valence-corrected chi connectivity index (χ4v) is 1.40. The second kappa shape index (κ2) is 8.11. The third-order valence-electron chi connectivity index (χ3n) is 2.15. The molecule has 1 fully saturated rings. The normalized spacial score (nSPS) is 21.8. The fourth-order valence-electron chi connectivity index (χ4n) is 1.40. The van der Waals surface area contributed by atoms with E-state index in [9.17, 15) is 0 Å². The van der Waals surface area contributed by atoms with Crippen molar-refractivity contribution >= 4 is 24.8 Å². The van der Waals surface area contributed by atoms with Crippen LogP contribution < -0.4 is 5.32 Å². The second-order valence-electron chi connectivity index (χ2n) is 3.45. The molecule has 1 unspecified atom stereocenters. The van der Waals surface area contributed by atoms with Gasteiger partial charge < -0.3 is 10.2 Å². The van der Waals surface area contributed by atoms with Crippen molar-refractivity contribution in [1.82, 2.24) is 10.2 Å². The lowest BCUT2D eigenvalue weighted by Crippen LogP contribution is -2.18. The zero-order valence-electron chi connectivity index (χ0n) is 7.88. The molecule has 2 nitrogen and oxygen atoms in total. The van der Waals surface area contributed by atoms with E-state index >= 15 is 0 Å². The van der Waals surface area contributed by atoms with Gasteiger partial charge in [0, 0.05) is 0 Å². The minimum absolute atomic E-state index is 0. The number of hydrogen-bond acceptors (Lipinski definition) is 2.